The van der Waals surface area contributed by atoms with Crippen molar-refractivity contribution >= 4 is 11.0 Å². The van der Waals surface area contributed by atoms with E-state index in [0.717, 1.165) is 22.3 Å². The summed E-state index contributed by atoms with van der Waals surface area (Å²) < 4.78 is 1.98. The highest BCUT2D eigenvalue weighted by atomic mass is 16.3. The van der Waals surface area contributed by atoms with Gasteiger partial charge in [0.2, 0.25) is 0 Å². The van der Waals surface area contributed by atoms with Gasteiger partial charge in [0.05, 0.1) is 29.7 Å². The summed E-state index contributed by atoms with van der Waals surface area (Å²) in [7, 11) is 1.97. The summed E-state index contributed by atoms with van der Waals surface area (Å²) in [6.07, 6.45) is 3.99. The SMILES string of the molecule is Cn1cnc2cc(-c3ccnc(CCO)n3)ccc21. The van der Waals surface area contributed by atoms with Crippen molar-refractivity contribution in [3.8, 4) is 11.3 Å². The fourth-order valence-corrected chi connectivity index (χ4v) is 2.08. The van der Waals surface area contributed by atoms with E-state index >= 15 is 0 Å². The van der Waals surface area contributed by atoms with E-state index in [1.54, 1.807) is 12.5 Å². The molecule has 0 aliphatic rings. The molecule has 3 aromatic rings. The minimum atomic E-state index is 0.0583. The van der Waals surface area contributed by atoms with Gasteiger partial charge >= 0.3 is 0 Å². The highest BCUT2D eigenvalue weighted by Crippen LogP contribution is 2.21. The molecule has 2 heterocycles. The van der Waals surface area contributed by atoms with Crippen molar-refractivity contribution in [3.63, 3.8) is 0 Å². The van der Waals surface area contributed by atoms with Crippen LogP contribution in [0.3, 0.4) is 0 Å². The molecule has 19 heavy (non-hydrogen) atoms. The van der Waals surface area contributed by atoms with Gasteiger partial charge < -0.3 is 9.67 Å². The molecule has 0 fully saturated rings. The molecule has 5 nitrogen and oxygen atoms in total. The molecule has 0 atom stereocenters. The smallest absolute Gasteiger partial charge is 0.131 e. The van der Waals surface area contributed by atoms with Crippen LogP contribution in [0.25, 0.3) is 22.3 Å². The molecule has 0 saturated carbocycles. The predicted octanol–water partition coefficient (Wildman–Crippen LogP) is 1.57. The first-order chi connectivity index (χ1) is 9.28. The van der Waals surface area contributed by atoms with E-state index < -0.39 is 0 Å². The maximum atomic E-state index is 8.93. The fourth-order valence-electron chi connectivity index (χ4n) is 2.08. The van der Waals surface area contributed by atoms with Crippen molar-refractivity contribution in [1.29, 1.82) is 0 Å². The Hall–Kier alpha value is -2.27. The second-order valence-electron chi connectivity index (χ2n) is 4.39. The zero-order valence-electron chi connectivity index (χ0n) is 10.6. The average Bonchev–Trinajstić information content (AvgIpc) is 2.81. The van der Waals surface area contributed by atoms with Crippen LogP contribution < -0.4 is 0 Å². The summed E-state index contributed by atoms with van der Waals surface area (Å²) in [5.74, 6) is 0.654. The maximum Gasteiger partial charge on any atom is 0.131 e. The van der Waals surface area contributed by atoms with Crippen LogP contribution >= 0.6 is 0 Å². The molecular formula is C14H14N4O. The van der Waals surface area contributed by atoms with E-state index in [1.807, 2.05) is 35.9 Å². The Bertz CT molecular complexity index is 720. The zero-order chi connectivity index (χ0) is 13.2. The Morgan fingerprint density at radius 3 is 2.95 bits per heavy atom. The number of aromatic nitrogens is 4. The fraction of sp³-hybridized carbons (Fsp3) is 0.214. The number of aliphatic hydroxyl groups is 1. The maximum absolute atomic E-state index is 8.93. The van der Waals surface area contributed by atoms with E-state index in [-0.39, 0.29) is 6.61 Å². The van der Waals surface area contributed by atoms with E-state index in [4.69, 9.17) is 5.11 Å². The summed E-state index contributed by atoms with van der Waals surface area (Å²) in [4.78, 5) is 12.9. The van der Waals surface area contributed by atoms with Crippen LogP contribution in [-0.2, 0) is 13.5 Å². The van der Waals surface area contributed by atoms with Gasteiger partial charge in [-0.2, -0.15) is 0 Å². The molecule has 1 aromatic carbocycles. The van der Waals surface area contributed by atoms with Crippen LogP contribution in [0, 0.1) is 0 Å². The summed E-state index contributed by atoms with van der Waals surface area (Å²) in [6, 6.07) is 7.94. The van der Waals surface area contributed by atoms with Crippen molar-refractivity contribution in [2.24, 2.45) is 7.05 Å². The third-order valence-corrected chi connectivity index (χ3v) is 3.06. The van der Waals surface area contributed by atoms with Crippen molar-refractivity contribution < 1.29 is 5.11 Å². The third-order valence-electron chi connectivity index (χ3n) is 3.06. The number of imidazole rings is 1. The van der Waals surface area contributed by atoms with Crippen LogP contribution in [0.4, 0.5) is 0 Å². The lowest BCUT2D eigenvalue weighted by molar-refractivity contribution is 0.296. The molecular weight excluding hydrogens is 240 g/mol. The van der Waals surface area contributed by atoms with Gasteiger partial charge in [-0.15, -0.1) is 0 Å². The lowest BCUT2D eigenvalue weighted by Crippen LogP contribution is -1.99. The van der Waals surface area contributed by atoms with Crippen molar-refractivity contribution in [1.82, 2.24) is 19.5 Å². The van der Waals surface area contributed by atoms with Gasteiger partial charge in [-0.3, -0.25) is 0 Å². The molecule has 0 bridgehead atoms. The highest BCUT2D eigenvalue weighted by molar-refractivity contribution is 5.81. The first-order valence-corrected chi connectivity index (χ1v) is 6.12. The van der Waals surface area contributed by atoms with Gasteiger partial charge in [0.1, 0.15) is 5.82 Å². The Morgan fingerprint density at radius 1 is 1.21 bits per heavy atom. The monoisotopic (exact) mass is 254 g/mol. The van der Waals surface area contributed by atoms with E-state index in [2.05, 4.69) is 15.0 Å². The Kier molecular flexibility index (Phi) is 2.97. The minimum Gasteiger partial charge on any atom is -0.396 e. The van der Waals surface area contributed by atoms with Gasteiger partial charge in [0, 0.05) is 25.2 Å². The molecule has 0 radical (unpaired) electrons. The number of fused-ring (bicyclic) bond motifs is 1. The topological polar surface area (TPSA) is 63.8 Å². The second-order valence-corrected chi connectivity index (χ2v) is 4.39. The predicted molar refractivity (Wildman–Crippen MR) is 72.5 cm³/mol. The molecule has 0 spiro atoms. The zero-order valence-corrected chi connectivity index (χ0v) is 10.6. The number of aryl methyl sites for hydroxylation is 1. The quantitative estimate of drug-likeness (QED) is 0.770. The third kappa shape index (κ3) is 2.20. The van der Waals surface area contributed by atoms with Crippen LogP contribution in [0.5, 0.6) is 0 Å². The molecule has 0 saturated heterocycles. The normalized spacial score (nSPS) is 11.1. The number of rotatable bonds is 3. The van der Waals surface area contributed by atoms with Gasteiger partial charge in [0.15, 0.2) is 0 Å². The summed E-state index contributed by atoms with van der Waals surface area (Å²) in [5, 5.41) is 8.93. The molecule has 0 aliphatic carbocycles. The molecule has 96 valence electrons. The van der Waals surface area contributed by atoms with Gasteiger partial charge in [0.25, 0.3) is 0 Å². The minimum absolute atomic E-state index is 0.0583. The van der Waals surface area contributed by atoms with Gasteiger partial charge in [-0.05, 0) is 18.2 Å². The number of hydrogen-bond donors (Lipinski definition) is 1. The van der Waals surface area contributed by atoms with Crippen molar-refractivity contribution in [3.05, 3.63) is 42.6 Å². The number of aliphatic hydroxyl groups excluding tert-OH is 1. The highest BCUT2D eigenvalue weighted by Gasteiger charge is 2.05. The molecule has 0 aliphatic heterocycles. The molecule has 5 heteroatoms. The van der Waals surface area contributed by atoms with Crippen LogP contribution in [0.1, 0.15) is 5.82 Å². The lowest BCUT2D eigenvalue weighted by atomic mass is 10.1. The first-order valence-electron chi connectivity index (χ1n) is 6.12. The Balaban J connectivity index is 2.05. The van der Waals surface area contributed by atoms with E-state index in [0.29, 0.717) is 12.2 Å². The Morgan fingerprint density at radius 2 is 2.11 bits per heavy atom. The van der Waals surface area contributed by atoms with E-state index in [1.165, 1.54) is 0 Å². The molecule has 0 amide bonds. The Labute approximate surface area is 110 Å². The summed E-state index contributed by atoms with van der Waals surface area (Å²) >= 11 is 0. The van der Waals surface area contributed by atoms with Crippen molar-refractivity contribution in [2.45, 2.75) is 6.42 Å². The largest absolute Gasteiger partial charge is 0.396 e. The molecule has 0 unspecified atom stereocenters. The van der Waals surface area contributed by atoms with Crippen LogP contribution in [-0.4, -0.2) is 31.2 Å². The van der Waals surface area contributed by atoms with Gasteiger partial charge in [-0.25, -0.2) is 15.0 Å². The average molecular weight is 254 g/mol. The lowest BCUT2D eigenvalue weighted by Gasteiger charge is -2.03. The van der Waals surface area contributed by atoms with Crippen molar-refractivity contribution in [2.75, 3.05) is 6.61 Å². The summed E-state index contributed by atoms with van der Waals surface area (Å²) in [5.41, 5.74) is 3.90. The van der Waals surface area contributed by atoms with Crippen LogP contribution in [0.2, 0.25) is 0 Å². The molecule has 1 N–H and O–H groups in total. The standard InChI is InChI=1S/C14H14N4O/c1-18-9-16-12-8-10(2-3-13(12)18)11-4-6-15-14(17-11)5-7-19/h2-4,6,8-9,19H,5,7H2,1H3. The molecule has 3 rings (SSSR count). The number of nitrogens with zero attached hydrogens (tertiary/aromatic N) is 4. The van der Waals surface area contributed by atoms with Gasteiger partial charge in [-0.1, -0.05) is 6.07 Å². The van der Waals surface area contributed by atoms with E-state index in [9.17, 15) is 0 Å². The number of hydrogen-bond acceptors (Lipinski definition) is 4. The van der Waals surface area contributed by atoms with Crippen LogP contribution in [0.15, 0.2) is 36.8 Å². The first kappa shape index (κ1) is 11.8. The summed E-state index contributed by atoms with van der Waals surface area (Å²) in [6.45, 7) is 0.0583. The molecule has 2 aromatic heterocycles. The number of benzene rings is 1. The second kappa shape index (κ2) is 4.78.